The van der Waals surface area contributed by atoms with Crippen molar-refractivity contribution in [2.45, 2.75) is 6.17 Å². The van der Waals surface area contributed by atoms with Crippen LogP contribution in [-0.2, 0) is 0 Å². The lowest BCUT2D eigenvalue weighted by molar-refractivity contribution is 0.626. The van der Waals surface area contributed by atoms with E-state index < -0.39 is 0 Å². The predicted octanol–water partition coefficient (Wildman–Crippen LogP) is 2.29. The van der Waals surface area contributed by atoms with Crippen LogP contribution in [0.1, 0.15) is 11.7 Å². The summed E-state index contributed by atoms with van der Waals surface area (Å²) < 4.78 is 0.807. The van der Waals surface area contributed by atoms with E-state index in [4.69, 9.17) is 24.4 Å². The summed E-state index contributed by atoms with van der Waals surface area (Å²) in [5.41, 5.74) is 1.02. The van der Waals surface area contributed by atoms with E-state index in [1.807, 2.05) is 30.3 Å². The molecule has 0 aliphatic rings. The molecular weight excluding hydrogens is 264 g/mol. The van der Waals surface area contributed by atoms with Gasteiger partial charge >= 0.3 is 0 Å². The van der Waals surface area contributed by atoms with Gasteiger partial charge in [0.05, 0.1) is 0 Å². The van der Waals surface area contributed by atoms with Crippen molar-refractivity contribution >= 4 is 58.3 Å². The maximum Gasteiger partial charge on any atom is 0.132 e. The summed E-state index contributed by atoms with van der Waals surface area (Å²) in [6.45, 7) is 0. The molecule has 0 amide bonds. The van der Waals surface area contributed by atoms with Gasteiger partial charge in [-0.1, -0.05) is 54.8 Å². The molecule has 0 heterocycles. The fourth-order valence-electron chi connectivity index (χ4n) is 1.10. The van der Waals surface area contributed by atoms with Crippen LogP contribution in [0.25, 0.3) is 0 Å². The summed E-state index contributed by atoms with van der Waals surface area (Å²) in [6.07, 6.45) is -0.193. The molecule has 0 saturated heterocycles. The molecule has 80 valence electrons. The minimum atomic E-state index is -0.193. The number of thiol groups is 2. The van der Waals surface area contributed by atoms with Crippen LogP contribution >= 0.6 is 49.7 Å². The summed E-state index contributed by atoms with van der Waals surface area (Å²) in [6, 6.07) is 9.74. The highest BCUT2D eigenvalue weighted by molar-refractivity contribution is 8.11. The van der Waals surface area contributed by atoms with Gasteiger partial charge in [-0.05, 0) is 5.56 Å². The second kappa shape index (κ2) is 6.32. The first-order valence-corrected chi connectivity index (χ1v) is 5.84. The van der Waals surface area contributed by atoms with E-state index in [1.165, 1.54) is 0 Å². The molecule has 0 aliphatic carbocycles. The van der Waals surface area contributed by atoms with Gasteiger partial charge in [0.15, 0.2) is 0 Å². The van der Waals surface area contributed by atoms with Gasteiger partial charge < -0.3 is 10.6 Å². The number of hydrogen-bond donors (Lipinski definition) is 4. The standard InChI is InChI=1S/C9H10N2S4/c12-8(13)10-7(11-9(14)15)6-4-2-1-3-5-6/h1-5,7H,(H2,10,12,13)(H2,11,14,15). The van der Waals surface area contributed by atoms with Gasteiger partial charge in [-0.25, -0.2) is 0 Å². The molecule has 0 unspecified atom stereocenters. The Kier molecular flexibility index (Phi) is 5.38. The fourth-order valence-corrected chi connectivity index (χ4v) is 1.59. The Labute approximate surface area is 111 Å². The van der Waals surface area contributed by atoms with Crippen LogP contribution in [0, 0.1) is 0 Å². The minimum Gasteiger partial charge on any atom is -0.347 e. The van der Waals surface area contributed by atoms with Crippen LogP contribution in [-0.4, -0.2) is 8.64 Å². The van der Waals surface area contributed by atoms with Gasteiger partial charge in [-0.2, -0.15) is 0 Å². The molecule has 2 nitrogen and oxygen atoms in total. The van der Waals surface area contributed by atoms with Crippen molar-refractivity contribution in [3.8, 4) is 0 Å². The van der Waals surface area contributed by atoms with Gasteiger partial charge in [0, 0.05) is 0 Å². The topological polar surface area (TPSA) is 24.1 Å². The van der Waals surface area contributed by atoms with E-state index in [0.717, 1.165) is 5.56 Å². The van der Waals surface area contributed by atoms with Gasteiger partial charge in [0.25, 0.3) is 0 Å². The summed E-state index contributed by atoms with van der Waals surface area (Å²) >= 11 is 17.8. The lowest BCUT2D eigenvalue weighted by Gasteiger charge is -2.20. The van der Waals surface area contributed by atoms with Crippen molar-refractivity contribution in [2.24, 2.45) is 0 Å². The molecule has 0 radical (unpaired) electrons. The predicted molar refractivity (Wildman–Crippen MR) is 78.6 cm³/mol. The Hall–Kier alpha value is -0.300. The van der Waals surface area contributed by atoms with E-state index in [1.54, 1.807) is 0 Å². The summed E-state index contributed by atoms with van der Waals surface area (Å²) in [5.74, 6) is 0. The van der Waals surface area contributed by atoms with Crippen molar-refractivity contribution in [1.82, 2.24) is 10.6 Å². The van der Waals surface area contributed by atoms with Crippen molar-refractivity contribution in [3.63, 3.8) is 0 Å². The van der Waals surface area contributed by atoms with Crippen LogP contribution in [0.3, 0.4) is 0 Å². The molecule has 15 heavy (non-hydrogen) atoms. The Morgan fingerprint density at radius 1 is 1.00 bits per heavy atom. The molecule has 0 saturated carbocycles. The zero-order chi connectivity index (χ0) is 11.3. The molecule has 0 aliphatic heterocycles. The summed E-state index contributed by atoms with van der Waals surface area (Å²) in [4.78, 5) is 0. The SMILES string of the molecule is S=C(S)NC(NC(=S)S)c1ccccc1. The van der Waals surface area contributed by atoms with E-state index >= 15 is 0 Å². The lowest BCUT2D eigenvalue weighted by atomic mass is 10.2. The number of thiocarbonyl (C=S) groups is 2. The molecule has 0 spiro atoms. The van der Waals surface area contributed by atoms with Crippen LogP contribution in [0.5, 0.6) is 0 Å². The zero-order valence-corrected chi connectivity index (χ0v) is 11.1. The van der Waals surface area contributed by atoms with Gasteiger partial charge in [-0.3, -0.25) is 0 Å². The van der Waals surface area contributed by atoms with Gasteiger partial charge in [0.2, 0.25) is 0 Å². The van der Waals surface area contributed by atoms with Crippen LogP contribution < -0.4 is 10.6 Å². The molecule has 0 bridgehead atoms. The first kappa shape index (κ1) is 12.8. The summed E-state index contributed by atoms with van der Waals surface area (Å²) in [7, 11) is 0. The van der Waals surface area contributed by atoms with Crippen LogP contribution in [0.15, 0.2) is 30.3 Å². The number of benzene rings is 1. The Balaban J connectivity index is 2.81. The normalized spacial score (nSPS) is 9.80. The maximum atomic E-state index is 4.87. The lowest BCUT2D eigenvalue weighted by Crippen LogP contribution is -2.36. The quantitative estimate of drug-likeness (QED) is 0.386. The third-order valence-electron chi connectivity index (χ3n) is 1.67. The molecule has 1 aromatic carbocycles. The maximum absolute atomic E-state index is 4.87. The minimum absolute atomic E-state index is 0.193. The fraction of sp³-hybridized carbons (Fsp3) is 0.111. The van der Waals surface area contributed by atoms with E-state index in [9.17, 15) is 0 Å². The molecule has 1 aromatic rings. The number of hydrogen-bond acceptors (Lipinski definition) is 2. The Bertz CT molecular complexity index is 336. The average molecular weight is 274 g/mol. The highest BCUT2D eigenvalue weighted by atomic mass is 32.1. The van der Waals surface area contributed by atoms with E-state index in [0.29, 0.717) is 8.64 Å². The Morgan fingerprint density at radius 3 is 1.87 bits per heavy atom. The monoisotopic (exact) mass is 274 g/mol. The van der Waals surface area contributed by atoms with E-state index in [-0.39, 0.29) is 6.17 Å². The zero-order valence-electron chi connectivity index (χ0n) is 7.68. The van der Waals surface area contributed by atoms with Crippen molar-refractivity contribution < 1.29 is 0 Å². The second-order valence-corrected chi connectivity index (χ2v) is 5.06. The molecule has 0 aromatic heterocycles. The van der Waals surface area contributed by atoms with Crippen molar-refractivity contribution in [1.29, 1.82) is 0 Å². The highest BCUT2D eigenvalue weighted by Gasteiger charge is 2.10. The molecular formula is C9H10N2S4. The van der Waals surface area contributed by atoms with Crippen LogP contribution in [0.4, 0.5) is 0 Å². The molecule has 0 atom stereocenters. The number of nitrogens with one attached hydrogen (secondary N) is 2. The van der Waals surface area contributed by atoms with Gasteiger partial charge in [0.1, 0.15) is 14.8 Å². The first-order valence-electron chi connectivity index (χ1n) is 4.13. The number of rotatable bonds is 3. The van der Waals surface area contributed by atoms with E-state index in [2.05, 4.69) is 35.9 Å². The molecule has 0 fully saturated rings. The third-order valence-corrected chi connectivity index (χ3v) is 2.16. The smallest absolute Gasteiger partial charge is 0.132 e. The van der Waals surface area contributed by atoms with Crippen molar-refractivity contribution in [3.05, 3.63) is 35.9 Å². The third kappa shape index (κ3) is 4.83. The second-order valence-electron chi connectivity index (χ2n) is 2.74. The Morgan fingerprint density at radius 2 is 1.47 bits per heavy atom. The molecule has 6 heteroatoms. The first-order chi connectivity index (χ1) is 7.09. The molecule has 2 N–H and O–H groups in total. The highest BCUT2D eigenvalue weighted by Crippen LogP contribution is 2.10. The molecule has 1 rings (SSSR count). The van der Waals surface area contributed by atoms with Gasteiger partial charge in [-0.15, -0.1) is 25.3 Å². The largest absolute Gasteiger partial charge is 0.347 e. The van der Waals surface area contributed by atoms with Crippen LogP contribution in [0.2, 0.25) is 0 Å². The van der Waals surface area contributed by atoms with Crippen molar-refractivity contribution in [2.75, 3.05) is 0 Å². The summed E-state index contributed by atoms with van der Waals surface area (Å²) in [5, 5.41) is 5.95. The average Bonchev–Trinajstić information content (AvgIpc) is 2.17.